The largest absolute Gasteiger partial charge is 0.497 e. The quantitative estimate of drug-likeness (QED) is 0.788. The molecule has 0 bridgehead atoms. The van der Waals surface area contributed by atoms with E-state index >= 15 is 0 Å². The van der Waals surface area contributed by atoms with Crippen molar-refractivity contribution in [2.24, 2.45) is 0 Å². The van der Waals surface area contributed by atoms with E-state index in [4.69, 9.17) is 4.74 Å². The van der Waals surface area contributed by atoms with Crippen molar-refractivity contribution in [1.82, 2.24) is 4.98 Å². The van der Waals surface area contributed by atoms with Gasteiger partial charge in [-0.25, -0.2) is 4.39 Å². The predicted molar refractivity (Wildman–Crippen MR) is 60.0 cm³/mol. The molecule has 0 amide bonds. The summed E-state index contributed by atoms with van der Waals surface area (Å²) in [4.78, 5) is 3.92. The van der Waals surface area contributed by atoms with E-state index in [0.717, 1.165) is 5.56 Å². The summed E-state index contributed by atoms with van der Waals surface area (Å²) in [5.74, 6) is 0.298. The van der Waals surface area contributed by atoms with Gasteiger partial charge in [-0.15, -0.1) is 0 Å². The zero-order chi connectivity index (χ0) is 11.4. The number of halogens is 1. The minimum absolute atomic E-state index is 0.240. The van der Waals surface area contributed by atoms with Gasteiger partial charge in [-0.05, 0) is 29.3 Å². The zero-order valence-corrected chi connectivity index (χ0v) is 8.98. The number of hydrogen-bond acceptors (Lipinski definition) is 2. The normalized spacial score (nSPS) is 10.1. The van der Waals surface area contributed by atoms with Gasteiger partial charge < -0.3 is 4.74 Å². The molecule has 0 spiro atoms. The van der Waals surface area contributed by atoms with Crippen LogP contribution in [0.4, 0.5) is 4.39 Å². The van der Waals surface area contributed by atoms with Crippen molar-refractivity contribution in [2.75, 3.05) is 7.11 Å². The maximum Gasteiger partial charge on any atom is 0.130 e. The van der Waals surface area contributed by atoms with Gasteiger partial charge in [0.2, 0.25) is 0 Å². The highest BCUT2D eigenvalue weighted by Gasteiger charge is 2.04. The number of hydrogen-bond donors (Lipinski definition) is 0. The first kappa shape index (κ1) is 10.6. The summed E-state index contributed by atoms with van der Waals surface area (Å²) in [6.45, 7) is 0. The van der Waals surface area contributed by atoms with E-state index in [1.165, 1.54) is 13.2 Å². The fourth-order valence-electron chi connectivity index (χ4n) is 1.52. The Hall–Kier alpha value is -1.90. The number of aromatic nitrogens is 1. The van der Waals surface area contributed by atoms with Crippen LogP contribution in [0.1, 0.15) is 11.1 Å². The molecular weight excluding hydrogens is 205 g/mol. The Morgan fingerprint density at radius 2 is 1.94 bits per heavy atom. The SMILES string of the molecule is COc1ccc(Cc2ccncc2)c(F)c1. The number of methoxy groups -OCH3 is 1. The van der Waals surface area contributed by atoms with E-state index in [2.05, 4.69) is 4.98 Å². The second-order valence-electron chi connectivity index (χ2n) is 3.49. The average molecular weight is 217 g/mol. The summed E-state index contributed by atoms with van der Waals surface area (Å²) in [5.41, 5.74) is 1.70. The molecule has 0 atom stereocenters. The Balaban J connectivity index is 2.22. The number of ether oxygens (including phenoxy) is 1. The van der Waals surface area contributed by atoms with Gasteiger partial charge in [-0.3, -0.25) is 4.98 Å². The summed E-state index contributed by atoms with van der Waals surface area (Å²) < 4.78 is 18.6. The average Bonchev–Trinajstić information content (AvgIpc) is 2.33. The van der Waals surface area contributed by atoms with Crippen molar-refractivity contribution in [2.45, 2.75) is 6.42 Å². The lowest BCUT2D eigenvalue weighted by Gasteiger charge is -2.05. The van der Waals surface area contributed by atoms with Crippen molar-refractivity contribution in [3.8, 4) is 5.75 Å². The van der Waals surface area contributed by atoms with Crippen LogP contribution in [0.25, 0.3) is 0 Å². The molecule has 82 valence electrons. The first-order chi connectivity index (χ1) is 7.79. The van der Waals surface area contributed by atoms with Gasteiger partial charge in [0, 0.05) is 24.9 Å². The topological polar surface area (TPSA) is 22.1 Å². The molecule has 1 aromatic heterocycles. The molecule has 2 nitrogen and oxygen atoms in total. The molecule has 2 aromatic rings. The molecule has 0 fully saturated rings. The smallest absolute Gasteiger partial charge is 0.130 e. The van der Waals surface area contributed by atoms with Crippen LogP contribution in [0, 0.1) is 5.82 Å². The maximum absolute atomic E-state index is 13.6. The minimum Gasteiger partial charge on any atom is -0.497 e. The molecular formula is C13H12FNO. The highest BCUT2D eigenvalue weighted by atomic mass is 19.1. The molecule has 0 aliphatic carbocycles. The first-order valence-electron chi connectivity index (χ1n) is 5.01. The lowest BCUT2D eigenvalue weighted by atomic mass is 10.1. The van der Waals surface area contributed by atoms with Gasteiger partial charge in [0.25, 0.3) is 0 Å². The molecule has 0 radical (unpaired) electrons. The van der Waals surface area contributed by atoms with Crippen molar-refractivity contribution in [1.29, 1.82) is 0 Å². The van der Waals surface area contributed by atoms with E-state index < -0.39 is 0 Å². The van der Waals surface area contributed by atoms with Gasteiger partial charge >= 0.3 is 0 Å². The molecule has 3 heteroatoms. The van der Waals surface area contributed by atoms with Crippen molar-refractivity contribution in [3.05, 3.63) is 59.7 Å². The number of pyridine rings is 1. The van der Waals surface area contributed by atoms with Gasteiger partial charge in [0.05, 0.1) is 7.11 Å². The van der Waals surface area contributed by atoms with Crippen molar-refractivity contribution >= 4 is 0 Å². The van der Waals surface area contributed by atoms with Crippen LogP contribution >= 0.6 is 0 Å². The summed E-state index contributed by atoms with van der Waals surface area (Å²) in [7, 11) is 1.53. The third-order valence-electron chi connectivity index (χ3n) is 2.40. The summed E-state index contributed by atoms with van der Waals surface area (Å²) in [5, 5.41) is 0. The van der Waals surface area contributed by atoms with Crippen LogP contribution in [0.15, 0.2) is 42.7 Å². The first-order valence-corrected chi connectivity index (χ1v) is 5.01. The van der Waals surface area contributed by atoms with Gasteiger partial charge in [-0.2, -0.15) is 0 Å². The fraction of sp³-hybridized carbons (Fsp3) is 0.154. The zero-order valence-electron chi connectivity index (χ0n) is 8.98. The number of rotatable bonds is 3. The third-order valence-corrected chi connectivity index (χ3v) is 2.40. The molecule has 0 N–H and O–H groups in total. The fourth-order valence-corrected chi connectivity index (χ4v) is 1.52. The second-order valence-corrected chi connectivity index (χ2v) is 3.49. The molecule has 1 aromatic carbocycles. The molecule has 0 saturated heterocycles. The molecule has 0 aliphatic heterocycles. The van der Waals surface area contributed by atoms with Crippen LogP contribution in [0.5, 0.6) is 5.75 Å². The van der Waals surface area contributed by atoms with E-state index in [9.17, 15) is 4.39 Å². The lowest BCUT2D eigenvalue weighted by Crippen LogP contribution is -1.94. The minimum atomic E-state index is -0.240. The molecule has 1 heterocycles. The molecule has 2 rings (SSSR count). The lowest BCUT2D eigenvalue weighted by molar-refractivity contribution is 0.411. The van der Waals surface area contributed by atoms with Gasteiger partial charge in [0.15, 0.2) is 0 Å². The third kappa shape index (κ3) is 2.37. The standard InChI is InChI=1S/C13H12FNO/c1-16-12-3-2-11(13(14)9-12)8-10-4-6-15-7-5-10/h2-7,9H,8H2,1H3. The van der Waals surface area contributed by atoms with Crippen LogP contribution in [-0.4, -0.2) is 12.1 Å². The van der Waals surface area contributed by atoms with E-state index in [1.807, 2.05) is 12.1 Å². The van der Waals surface area contributed by atoms with Crippen molar-refractivity contribution < 1.29 is 9.13 Å². The number of nitrogens with zero attached hydrogens (tertiary/aromatic N) is 1. The van der Waals surface area contributed by atoms with Crippen LogP contribution < -0.4 is 4.74 Å². The Bertz CT molecular complexity index is 471. The van der Waals surface area contributed by atoms with Gasteiger partial charge in [-0.1, -0.05) is 6.07 Å². The summed E-state index contributed by atoms with van der Waals surface area (Å²) >= 11 is 0. The van der Waals surface area contributed by atoms with E-state index in [1.54, 1.807) is 24.5 Å². The van der Waals surface area contributed by atoms with Crippen LogP contribution in [0.2, 0.25) is 0 Å². The van der Waals surface area contributed by atoms with Crippen molar-refractivity contribution in [3.63, 3.8) is 0 Å². The second kappa shape index (κ2) is 4.75. The number of benzene rings is 1. The Morgan fingerprint density at radius 1 is 1.19 bits per heavy atom. The maximum atomic E-state index is 13.6. The van der Waals surface area contributed by atoms with Crippen LogP contribution in [0.3, 0.4) is 0 Å². The highest BCUT2D eigenvalue weighted by molar-refractivity contribution is 5.32. The Morgan fingerprint density at radius 3 is 2.56 bits per heavy atom. The highest BCUT2D eigenvalue weighted by Crippen LogP contribution is 2.18. The Labute approximate surface area is 93.7 Å². The molecule has 0 aliphatic rings. The summed E-state index contributed by atoms with van der Waals surface area (Å²) in [6, 6.07) is 8.66. The van der Waals surface area contributed by atoms with E-state index in [0.29, 0.717) is 17.7 Å². The summed E-state index contributed by atoms with van der Waals surface area (Å²) in [6.07, 6.45) is 3.98. The molecule has 0 saturated carbocycles. The van der Waals surface area contributed by atoms with E-state index in [-0.39, 0.29) is 5.82 Å². The molecule has 16 heavy (non-hydrogen) atoms. The monoisotopic (exact) mass is 217 g/mol. The van der Waals surface area contributed by atoms with Crippen LogP contribution in [-0.2, 0) is 6.42 Å². The molecule has 0 unspecified atom stereocenters. The van der Waals surface area contributed by atoms with Gasteiger partial charge in [0.1, 0.15) is 11.6 Å². The predicted octanol–water partition coefficient (Wildman–Crippen LogP) is 2.82. The Kier molecular flexibility index (Phi) is 3.15.